The molecule has 1 aliphatic carbocycles. The number of hydrogen-bond acceptors (Lipinski definition) is 3. The molecule has 0 aliphatic heterocycles. The summed E-state index contributed by atoms with van der Waals surface area (Å²) in [5.74, 6) is 0.784. The number of hydrogen-bond donors (Lipinski definition) is 1. The van der Waals surface area contributed by atoms with Gasteiger partial charge in [0.15, 0.2) is 5.76 Å². The molecule has 2 aromatic rings. The largest absolute Gasteiger partial charge is 0.453 e. The van der Waals surface area contributed by atoms with Crippen molar-refractivity contribution in [2.24, 2.45) is 0 Å². The summed E-state index contributed by atoms with van der Waals surface area (Å²) in [5.41, 5.74) is 2.02. The van der Waals surface area contributed by atoms with E-state index in [-0.39, 0.29) is 5.91 Å². The predicted octanol–water partition coefficient (Wildman–Crippen LogP) is 4.94. The van der Waals surface area contributed by atoms with Gasteiger partial charge in [0.1, 0.15) is 12.4 Å². The Bertz CT molecular complexity index is 654. The highest BCUT2D eigenvalue weighted by Gasteiger charge is 2.16. The second-order valence-electron chi connectivity index (χ2n) is 6.34. The van der Waals surface area contributed by atoms with Crippen molar-refractivity contribution in [2.75, 3.05) is 5.32 Å². The lowest BCUT2D eigenvalue weighted by Gasteiger charge is -2.21. The number of anilines is 1. The summed E-state index contributed by atoms with van der Waals surface area (Å²) in [4.78, 5) is 12.2. The van der Waals surface area contributed by atoms with Crippen molar-refractivity contribution in [3.05, 3.63) is 53.5 Å². The zero-order valence-corrected chi connectivity index (χ0v) is 14.2. The molecule has 3 rings (SSSR count). The molecule has 1 amide bonds. The Morgan fingerprint density at radius 1 is 1.12 bits per heavy atom. The molecule has 1 aromatic carbocycles. The average Bonchev–Trinajstić information content (AvgIpc) is 3.11. The van der Waals surface area contributed by atoms with Gasteiger partial charge in [-0.25, -0.2) is 0 Å². The van der Waals surface area contributed by atoms with Gasteiger partial charge in [-0.05, 0) is 49.1 Å². The van der Waals surface area contributed by atoms with Crippen LogP contribution >= 0.6 is 0 Å². The number of benzene rings is 1. The van der Waals surface area contributed by atoms with E-state index < -0.39 is 0 Å². The maximum absolute atomic E-state index is 12.2. The van der Waals surface area contributed by atoms with E-state index >= 15 is 0 Å². The van der Waals surface area contributed by atoms with E-state index in [1.54, 1.807) is 6.07 Å². The van der Waals surface area contributed by atoms with Crippen LogP contribution in [0.25, 0.3) is 0 Å². The van der Waals surface area contributed by atoms with Gasteiger partial charge < -0.3 is 14.5 Å². The molecule has 1 saturated carbocycles. The summed E-state index contributed by atoms with van der Waals surface area (Å²) in [7, 11) is 0. The van der Waals surface area contributed by atoms with E-state index in [9.17, 15) is 4.79 Å². The van der Waals surface area contributed by atoms with E-state index in [0.29, 0.717) is 24.2 Å². The highest BCUT2D eigenvalue weighted by molar-refractivity contribution is 6.02. The molecule has 0 atom stereocenters. The smallest absolute Gasteiger partial charge is 0.291 e. The van der Waals surface area contributed by atoms with Gasteiger partial charge in [-0.1, -0.05) is 38.3 Å². The minimum Gasteiger partial charge on any atom is -0.453 e. The summed E-state index contributed by atoms with van der Waals surface area (Å²) >= 11 is 0. The molecule has 4 heteroatoms. The van der Waals surface area contributed by atoms with Crippen LogP contribution in [0.15, 0.2) is 40.8 Å². The first-order valence-electron chi connectivity index (χ1n) is 8.85. The Morgan fingerprint density at radius 3 is 2.58 bits per heavy atom. The highest BCUT2D eigenvalue weighted by atomic mass is 16.5. The van der Waals surface area contributed by atoms with Crippen LogP contribution < -0.4 is 5.32 Å². The standard InChI is InChI=1S/C20H25NO3/c1-2-15-8-10-16(11-9-15)21-20(22)19-13-12-18(24-19)14-23-17-6-4-3-5-7-17/h8-13,17H,2-7,14H2,1H3,(H,21,22). The van der Waals surface area contributed by atoms with E-state index in [1.165, 1.54) is 24.8 Å². The average molecular weight is 327 g/mol. The van der Waals surface area contributed by atoms with E-state index in [0.717, 1.165) is 24.9 Å². The lowest BCUT2D eigenvalue weighted by atomic mass is 9.98. The van der Waals surface area contributed by atoms with Crippen molar-refractivity contribution < 1.29 is 13.9 Å². The van der Waals surface area contributed by atoms with Crippen molar-refractivity contribution in [1.82, 2.24) is 0 Å². The molecule has 128 valence electrons. The molecule has 24 heavy (non-hydrogen) atoms. The minimum absolute atomic E-state index is 0.233. The van der Waals surface area contributed by atoms with Crippen LogP contribution in [0.2, 0.25) is 0 Å². The highest BCUT2D eigenvalue weighted by Crippen LogP contribution is 2.22. The van der Waals surface area contributed by atoms with Crippen LogP contribution in [0.4, 0.5) is 5.69 Å². The zero-order chi connectivity index (χ0) is 16.8. The van der Waals surface area contributed by atoms with Crippen molar-refractivity contribution in [3.8, 4) is 0 Å². The van der Waals surface area contributed by atoms with Crippen molar-refractivity contribution in [3.63, 3.8) is 0 Å². The van der Waals surface area contributed by atoms with Gasteiger partial charge in [-0.2, -0.15) is 0 Å². The van der Waals surface area contributed by atoms with Crippen molar-refractivity contribution in [1.29, 1.82) is 0 Å². The molecular formula is C20H25NO3. The fourth-order valence-corrected chi connectivity index (χ4v) is 3.03. The molecule has 1 aliphatic rings. The predicted molar refractivity (Wildman–Crippen MR) is 94.1 cm³/mol. The third kappa shape index (κ3) is 4.48. The Kier molecular flexibility index (Phi) is 5.70. The number of rotatable bonds is 6. The first kappa shape index (κ1) is 16.8. The zero-order valence-electron chi connectivity index (χ0n) is 14.2. The second kappa shape index (κ2) is 8.15. The van der Waals surface area contributed by atoms with Gasteiger partial charge in [0.2, 0.25) is 0 Å². The number of nitrogens with one attached hydrogen (secondary N) is 1. The van der Waals surface area contributed by atoms with Gasteiger partial charge in [-0.3, -0.25) is 4.79 Å². The quantitative estimate of drug-likeness (QED) is 0.817. The molecular weight excluding hydrogens is 302 g/mol. The number of carbonyl (C=O) groups is 1. The fraction of sp³-hybridized carbons (Fsp3) is 0.450. The van der Waals surface area contributed by atoms with Gasteiger partial charge in [0, 0.05) is 5.69 Å². The van der Waals surface area contributed by atoms with Gasteiger partial charge >= 0.3 is 0 Å². The molecule has 1 N–H and O–H groups in total. The Balaban J connectivity index is 1.52. The summed E-state index contributed by atoms with van der Waals surface area (Å²) in [6, 6.07) is 11.4. The summed E-state index contributed by atoms with van der Waals surface area (Å²) in [5, 5.41) is 2.85. The molecule has 1 heterocycles. The molecule has 0 radical (unpaired) electrons. The summed E-state index contributed by atoms with van der Waals surface area (Å²) < 4.78 is 11.5. The Morgan fingerprint density at radius 2 is 1.88 bits per heavy atom. The van der Waals surface area contributed by atoms with Crippen LogP contribution in [-0.4, -0.2) is 12.0 Å². The second-order valence-corrected chi connectivity index (χ2v) is 6.34. The topological polar surface area (TPSA) is 51.5 Å². The maximum atomic E-state index is 12.2. The maximum Gasteiger partial charge on any atom is 0.291 e. The van der Waals surface area contributed by atoms with Crippen LogP contribution in [0.1, 0.15) is 60.9 Å². The lowest BCUT2D eigenvalue weighted by Crippen LogP contribution is -2.16. The van der Waals surface area contributed by atoms with Crippen LogP contribution in [0, 0.1) is 0 Å². The molecule has 0 saturated heterocycles. The third-order valence-electron chi connectivity index (χ3n) is 4.52. The van der Waals surface area contributed by atoms with Crippen molar-refractivity contribution in [2.45, 2.75) is 58.2 Å². The number of furan rings is 1. The summed E-state index contributed by atoms with van der Waals surface area (Å²) in [6.07, 6.45) is 7.36. The Labute approximate surface area is 143 Å². The van der Waals surface area contributed by atoms with Gasteiger partial charge in [0.25, 0.3) is 5.91 Å². The normalized spacial score (nSPS) is 15.4. The lowest BCUT2D eigenvalue weighted by molar-refractivity contribution is 0.00849. The monoisotopic (exact) mass is 327 g/mol. The number of amides is 1. The van der Waals surface area contributed by atoms with E-state index in [1.807, 2.05) is 30.3 Å². The fourth-order valence-electron chi connectivity index (χ4n) is 3.03. The van der Waals surface area contributed by atoms with E-state index in [2.05, 4.69) is 12.2 Å². The molecule has 4 nitrogen and oxygen atoms in total. The molecule has 1 aromatic heterocycles. The van der Waals surface area contributed by atoms with Crippen molar-refractivity contribution >= 4 is 11.6 Å². The molecule has 0 unspecified atom stereocenters. The van der Waals surface area contributed by atoms with Gasteiger partial charge in [0.05, 0.1) is 6.10 Å². The Hall–Kier alpha value is -2.07. The number of carbonyl (C=O) groups excluding carboxylic acids is 1. The molecule has 0 bridgehead atoms. The summed E-state index contributed by atoms with van der Waals surface area (Å²) in [6.45, 7) is 2.54. The van der Waals surface area contributed by atoms with Crippen LogP contribution in [0.5, 0.6) is 0 Å². The van der Waals surface area contributed by atoms with Gasteiger partial charge in [-0.15, -0.1) is 0 Å². The minimum atomic E-state index is -0.233. The SMILES string of the molecule is CCc1ccc(NC(=O)c2ccc(COC3CCCCC3)o2)cc1. The first-order chi connectivity index (χ1) is 11.7. The van der Waals surface area contributed by atoms with Crippen LogP contribution in [-0.2, 0) is 17.8 Å². The first-order valence-corrected chi connectivity index (χ1v) is 8.85. The number of ether oxygens (including phenoxy) is 1. The van der Waals surface area contributed by atoms with E-state index in [4.69, 9.17) is 9.15 Å². The molecule has 1 fully saturated rings. The molecule has 0 spiro atoms. The third-order valence-corrected chi connectivity index (χ3v) is 4.52. The van der Waals surface area contributed by atoms with Crippen LogP contribution in [0.3, 0.4) is 0 Å². The number of aryl methyl sites for hydroxylation is 1.